The lowest BCUT2D eigenvalue weighted by Gasteiger charge is -2.48. The van der Waals surface area contributed by atoms with Crippen molar-refractivity contribution in [1.29, 1.82) is 0 Å². The van der Waals surface area contributed by atoms with Crippen LogP contribution >= 0.6 is 0 Å². The molecule has 0 spiro atoms. The lowest BCUT2D eigenvalue weighted by atomic mass is 9.60. The van der Waals surface area contributed by atoms with Gasteiger partial charge in [0.2, 0.25) is 0 Å². The first-order chi connectivity index (χ1) is 10.3. The molecule has 1 aromatic carbocycles. The summed E-state index contributed by atoms with van der Waals surface area (Å²) in [6, 6.07) is 9.34. The molecule has 1 aromatic rings. The van der Waals surface area contributed by atoms with Crippen molar-refractivity contribution in [2.24, 2.45) is 10.8 Å². The third kappa shape index (κ3) is 2.95. The predicted octanol–water partition coefficient (Wildman–Crippen LogP) is 6.10. The lowest BCUT2D eigenvalue weighted by Crippen LogP contribution is -2.43. The van der Waals surface area contributed by atoms with Crippen molar-refractivity contribution in [2.75, 3.05) is 5.32 Å². The highest BCUT2D eigenvalue weighted by atomic mass is 14.9. The predicted molar refractivity (Wildman–Crippen MR) is 96.3 cm³/mol. The maximum absolute atomic E-state index is 3.84. The Bertz CT molecular complexity index is 592. The van der Waals surface area contributed by atoms with Gasteiger partial charge in [-0.05, 0) is 67.6 Å². The third-order valence-corrected chi connectivity index (χ3v) is 5.91. The molecule has 0 aliphatic heterocycles. The van der Waals surface area contributed by atoms with Crippen LogP contribution in [0.2, 0.25) is 0 Å². The van der Waals surface area contributed by atoms with E-state index in [4.69, 9.17) is 0 Å². The zero-order valence-corrected chi connectivity index (χ0v) is 14.9. The normalized spacial score (nSPS) is 26.5. The molecule has 0 saturated heterocycles. The molecule has 1 nitrogen and oxygen atoms in total. The Morgan fingerprint density at radius 3 is 2.64 bits per heavy atom. The molecule has 0 bridgehead atoms. The van der Waals surface area contributed by atoms with E-state index in [0.29, 0.717) is 16.9 Å². The molecule has 0 aromatic heterocycles. The first-order valence-electron chi connectivity index (χ1n) is 8.82. The zero-order chi connectivity index (χ0) is 16.0. The Morgan fingerprint density at radius 2 is 1.91 bits per heavy atom. The number of hydrogen-bond acceptors (Lipinski definition) is 1. The minimum Gasteiger partial charge on any atom is -0.381 e. The third-order valence-electron chi connectivity index (χ3n) is 5.91. The summed E-state index contributed by atoms with van der Waals surface area (Å²) in [7, 11) is 0. The average molecular weight is 297 g/mol. The summed E-state index contributed by atoms with van der Waals surface area (Å²) in [5, 5.41) is 3.84. The van der Waals surface area contributed by atoms with E-state index in [0.717, 1.165) is 0 Å². The van der Waals surface area contributed by atoms with E-state index in [1.165, 1.54) is 43.4 Å². The standard InChI is InChI=1S/C21H31N/c1-15-8-6-10-17(12-15)22-19-13-16-9-7-11-20(2,3)18(16)14-21(19,4)5/h6,8,10,12,19,22H,7,9,11,13-14H2,1-5H3/t19-/m1/s1. The highest BCUT2D eigenvalue weighted by molar-refractivity contribution is 5.48. The van der Waals surface area contributed by atoms with Gasteiger partial charge in [0.25, 0.3) is 0 Å². The number of nitrogens with one attached hydrogen (secondary N) is 1. The molecule has 3 rings (SSSR count). The van der Waals surface area contributed by atoms with Crippen LogP contribution in [-0.2, 0) is 0 Å². The van der Waals surface area contributed by atoms with Crippen LogP contribution < -0.4 is 5.32 Å². The molecule has 1 N–H and O–H groups in total. The molecule has 22 heavy (non-hydrogen) atoms. The number of benzene rings is 1. The smallest absolute Gasteiger partial charge is 0.0352 e. The van der Waals surface area contributed by atoms with Gasteiger partial charge in [-0.25, -0.2) is 0 Å². The van der Waals surface area contributed by atoms with Gasteiger partial charge in [0, 0.05) is 11.7 Å². The summed E-state index contributed by atoms with van der Waals surface area (Å²) in [5.41, 5.74) is 6.86. The van der Waals surface area contributed by atoms with Gasteiger partial charge >= 0.3 is 0 Å². The van der Waals surface area contributed by atoms with Crippen molar-refractivity contribution in [3.8, 4) is 0 Å². The first kappa shape index (κ1) is 15.6. The maximum atomic E-state index is 3.84. The molecule has 0 saturated carbocycles. The molecular formula is C21H31N. The molecular weight excluding hydrogens is 266 g/mol. The Morgan fingerprint density at radius 1 is 1.14 bits per heavy atom. The van der Waals surface area contributed by atoms with Gasteiger partial charge in [-0.1, -0.05) is 51.0 Å². The molecule has 0 unspecified atom stereocenters. The van der Waals surface area contributed by atoms with Gasteiger partial charge in [-0.3, -0.25) is 0 Å². The molecule has 0 fully saturated rings. The monoisotopic (exact) mass is 297 g/mol. The van der Waals surface area contributed by atoms with Gasteiger partial charge in [-0.2, -0.15) is 0 Å². The largest absolute Gasteiger partial charge is 0.381 e. The highest BCUT2D eigenvalue weighted by Gasteiger charge is 2.41. The lowest BCUT2D eigenvalue weighted by molar-refractivity contribution is 0.225. The van der Waals surface area contributed by atoms with Crippen LogP contribution in [-0.4, -0.2) is 6.04 Å². The van der Waals surface area contributed by atoms with Gasteiger partial charge in [-0.15, -0.1) is 0 Å². The number of allylic oxidation sites excluding steroid dienone is 1. The number of rotatable bonds is 2. The van der Waals surface area contributed by atoms with Gasteiger partial charge in [0.05, 0.1) is 0 Å². The Balaban J connectivity index is 1.86. The van der Waals surface area contributed by atoms with E-state index in [1.807, 2.05) is 0 Å². The second kappa shape index (κ2) is 5.44. The maximum Gasteiger partial charge on any atom is 0.0352 e. The summed E-state index contributed by atoms with van der Waals surface area (Å²) in [4.78, 5) is 0. The van der Waals surface area contributed by atoms with Gasteiger partial charge in [0.15, 0.2) is 0 Å². The summed E-state index contributed by atoms with van der Waals surface area (Å²) < 4.78 is 0. The summed E-state index contributed by atoms with van der Waals surface area (Å²) in [6.45, 7) is 11.9. The average Bonchev–Trinajstić information content (AvgIpc) is 2.40. The van der Waals surface area contributed by atoms with Crippen LogP contribution in [0.3, 0.4) is 0 Å². The Hall–Kier alpha value is -1.24. The summed E-state index contributed by atoms with van der Waals surface area (Å²) >= 11 is 0. The first-order valence-corrected chi connectivity index (χ1v) is 8.82. The molecule has 1 atom stereocenters. The molecule has 120 valence electrons. The van der Waals surface area contributed by atoms with Crippen molar-refractivity contribution in [3.63, 3.8) is 0 Å². The Labute approximate surface area is 136 Å². The summed E-state index contributed by atoms with van der Waals surface area (Å²) in [6.07, 6.45) is 6.51. The van der Waals surface area contributed by atoms with E-state index in [-0.39, 0.29) is 0 Å². The number of aryl methyl sites for hydroxylation is 1. The molecule has 0 heterocycles. The molecule has 0 amide bonds. The molecule has 1 heteroatoms. The van der Waals surface area contributed by atoms with Crippen LogP contribution in [0.4, 0.5) is 5.69 Å². The van der Waals surface area contributed by atoms with Crippen LogP contribution in [0.25, 0.3) is 0 Å². The van der Waals surface area contributed by atoms with Crippen LogP contribution in [0.15, 0.2) is 35.4 Å². The van der Waals surface area contributed by atoms with E-state index >= 15 is 0 Å². The number of anilines is 1. The van der Waals surface area contributed by atoms with E-state index in [2.05, 4.69) is 64.2 Å². The molecule has 0 radical (unpaired) electrons. The molecule has 2 aliphatic carbocycles. The Kier molecular flexibility index (Phi) is 3.87. The minimum absolute atomic E-state index is 0.317. The quantitative estimate of drug-likeness (QED) is 0.650. The number of hydrogen-bond donors (Lipinski definition) is 1. The fourth-order valence-corrected chi connectivity index (χ4v) is 4.40. The zero-order valence-electron chi connectivity index (χ0n) is 14.9. The highest BCUT2D eigenvalue weighted by Crippen LogP contribution is 2.51. The van der Waals surface area contributed by atoms with Crippen LogP contribution in [0, 0.1) is 17.8 Å². The second-order valence-corrected chi connectivity index (χ2v) is 8.76. The van der Waals surface area contributed by atoms with E-state index in [1.54, 1.807) is 11.1 Å². The van der Waals surface area contributed by atoms with Gasteiger partial charge in [0.1, 0.15) is 0 Å². The van der Waals surface area contributed by atoms with E-state index in [9.17, 15) is 0 Å². The second-order valence-electron chi connectivity index (χ2n) is 8.76. The van der Waals surface area contributed by atoms with E-state index < -0.39 is 0 Å². The topological polar surface area (TPSA) is 12.0 Å². The minimum atomic E-state index is 0.317. The van der Waals surface area contributed by atoms with Crippen molar-refractivity contribution in [1.82, 2.24) is 0 Å². The van der Waals surface area contributed by atoms with Crippen LogP contribution in [0.5, 0.6) is 0 Å². The summed E-state index contributed by atoms with van der Waals surface area (Å²) in [5.74, 6) is 0. The van der Waals surface area contributed by atoms with Crippen molar-refractivity contribution >= 4 is 5.69 Å². The van der Waals surface area contributed by atoms with Gasteiger partial charge < -0.3 is 5.32 Å². The fourth-order valence-electron chi connectivity index (χ4n) is 4.40. The van der Waals surface area contributed by atoms with Crippen LogP contribution in [0.1, 0.15) is 65.4 Å². The van der Waals surface area contributed by atoms with Crippen molar-refractivity contribution < 1.29 is 0 Å². The van der Waals surface area contributed by atoms with Crippen molar-refractivity contribution in [3.05, 3.63) is 41.0 Å². The SMILES string of the molecule is Cc1cccc(N[C@@H]2CC3=C(CC2(C)C)C(C)(C)CCC3)c1. The molecule has 2 aliphatic rings. The fraction of sp³-hybridized carbons (Fsp3) is 0.619. The van der Waals surface area contributed by atoms with Crippen molar-refractivity contribution in [2.45, 2.75) is 72.8 Å².